The average Bonchev–Trinajstić information content (AvgIpc) is 3.00. The topological polar surface area (TPSA) is 85.6 Å². The van der Waals surface area contributed by atoms with Crippen LogP contribution in [-0.2, 0) is 18.3 Å². The number of nitrogens with zero attached hydrogens (tertiary/aromatic N) is 4. The van der Waals surface area contributed by atoms with Gasteiger partial charge in [0.25, 0.3) is 0 Å². The molecule has 0 saturated carbocycles. The Morgan fingerprint density at radius 3 is 2.79 bits per heavy atom. The fourth-order valence-electron chi connectivity index (χ4n) is 2.40. The lowest BCUT2D eigenvalue weighted by Crippen LogP contribution is -2.43. The van der Waals surface area contributed by atoms with E-state index in [1.807, 2.05) is 25.5 Å². The minimum Gasteiger partial charge on any atom is -0.489 e. The van der Waals surface area contributed by atoms with Crippen LogP contribution in [0.5, 0.6) is 5.75 Å². The van der Waals surface area contributed by atoms with Gasteiger partial charge in [-0.1, -0.05) is 13.0 Å². The molecule has 0 saturated heterocycles. The molecular weight excluding hydrogens is 363 g/mol. The average molecular weight is 392 g/mol. The SMILES string of the molecule is CCC(CNC(=NCc1nnc(C)n1C)NCCOC)Oc1cccc(F)c1. The van der Waals surface area contributed by atoms with Gasteiger partial charge in [0.2, 0.25) is 0 Å². The van der Waals surface area contributed by atoms with Gasteiger partial charge in [0, 0.05) is 26.8 Å². The van der Waals surface area contributed by atoms with Crippen molar-refractivity contribution in [1.82, 2.24) is 25.4 Å². The zero-order chi connectivity index (χ0) is 20.4. The minimum absolute atomic E-state index is 0.131. The number of methoxy groups -OCH3 is 1. The van der Waals surface area contributed by atoms with E-state index >= 15 is 0 Å². The van der Waals surface area contributed by atoms with E-state index in [0.29, 0.717) is 38.0 Å². The number of aliphatic imine (C=N–C) groups is 1. The summed E-state index contributed by atoms with van der Waals surface area (Å²) in [7, 11) is 3.56. The molecule has 0 aliphatic rings. The van der Waals surface area contributed by atoms with Crippen LogP contribution in [-0.4, -0.2) is 53.6 Å². The molecule has 1 unspecified atom stereocenters. The zero-order valence-electron chi connectivity index (χ0n) is 16.9. The molecule has 0 aliphatic heterocycles. The van der Waals surface area contributed by atoms with Crippen LogP contribution in [0.25, 0.3) is 0 Å². The third kappa shape index (κ3) is 6.80. The van der Waals surface area contributed by atoms with Crippen molar-refractivity contribution in [1.29, 1.82) is 0 Å². The second kappa shape index (κ2) is 11.2. The summed E-state index contributed by atoms with van der Waals surface area (Å²) in [5, 5.41) is 14.6. The van der Waals surface area contributed by atoms with Gasteiger partial charge in [0.05, 0.1) is 13.2 Å². The van der Waals surface area contributed by atoms with Crippen LogP contribution in [0.3, 0.4) is 0 Å². The zero-order valence-corrected chi connectivity index (χ0v) is 16.9. The van der Waals surface area contributed by atoms with Crippen molar-refractivity contribution in [3.05, 3.63) is 41.7 Å². The van der Waals surface area contributed by atoms with Crippen LogP contribution in [0, 0.1) is 12.7 Å². The maximum absolute atomic E-state index is 13.4. The Hall–Kier alpha value is -2.68. The molecular formula is C19H29FN6O2. The first-order valence-electron chi connectivity index (χ1n) is 9.31. The van der Waals surface area contributed by atoms with Crippen LogP contribution in [0.2, 0.25) is 0 Å². The van der Waals surface area contributed by atoms with E-state index in [9.17, 15) is 4.39 Å². The Morgan fingerprint density at radius 1 is 1.32 bits per heavy atom. The van der Waals surface area contributed by atoms with Crippen molar-refractivity contribution in [2.45, 2.75) is 32.9 Å². The summed E-state index contributed by atoms with van der Waals surface area (Å²) < 4.78 is 26.2. The Balaban J connectivity index is 1.97. The Morgan fingerprint density at radius 2 is 2.14 bits per heavy atom. The van der Waals surface area contributed by atoms with Crippen molar-refractivity contribution < 1.29 is 13.9 Å². The number of aryl methyl sites for hydroxylation is 1. The lowest BCUT2D eigenvalue weighted by Gasteiger charge is -2.20. The lowest BCUT2D eigenvalue weighted by atomic mass is 10.2. The van der Waals surface area contributed by atoms with Gasteiger partial charge in [-0.25, -0.2) is 9.38 Å². The lowest BCUT2D eigenvalue weighted by molar-refractivity contribution is 0.197. The summed E-state index contributed by atoms with van der Waals surface area (Å²) in [5.74, 6) is 2.42. The summed E-state index contributed by atoms with van der Waals surface area (Å²) >= 11 is 0. The third-order valence-electron chi connectivity index (χ3n) is 4.21. The van der Waals surface area contributed by atoms with Crippen molar-refractivity contribution in [3.63, 3.8) is 0 Å². The van der Waals surface area contributed by atoms with Crippen LogP contribution < -0.4 is 15.4 Å². The van der Waals surface area contributed by atoms with Gasteiger partial charge in [-0.15, -0.1) is 10.2 Å². The van der Waals surface area contributed by atoms with Crippen LogP contribution >= 0.6 is 0 Å². The summed E-state index contributed by atoms with van der Waals surface area (Å²) in [6.07, 6.45) is 0.630. The molecule has 8 nitrogen and oxygen atoms in total. The van der Waals surface area contributed by atoms with E-state index < -0.39 is 0 Å². The van der Waals surface area contributed by atoms with Gasteiger partial charge in [-0.2, -0.15) is 0 Å². The van der Waals surface area contributed by atoms with Crippen molar-refractivity contribution in [2.75, 3.05) is 26.8 Å². The van der Waals surface area contributed by atoms with Crippen LogP contribution in [0.1, 0.15) is 25.0 Å². The highest BCUT2D eigenvalue weighted by Gasteiger charge is 2.11. The molecule has 0 fully saturated rings. The predicted octanol–water partition coefficient (Wildman–Crippen LogP) is 1.80. The highest BCUT2D eigenvalue weighted by atomic mass is 19.1. The molecule has 2 rings (SSSR count). The number of guanidine groups is 1. The molecule has 1 heterocycles. The number of hydrogen-bond donors (Lipinski definition) is 2. The molecule has 0 amide bonds. The minimum atomic E-state index is -0.317. The fourth-order valence-corrected chi connectivity index (χ4v) is 2.40. The number of hydrogen-bond acceptors (Lipinski definition) is 5. The Bertz CT molecular complexity index is 765. The smallest absolute Gasteiger partial charge is 0.191 e. The van der Waals surface area contributed by atoms with Crippen LogP contribution in [0.15, 0.2) is 29.3 Å². The van der Waals surface area contributed by atoms with E-state index in [-0.39, 0.29) is 11.9 Å². The van der Waals surface area contributed by atoms with E-state index in [2.05, 4.69) is 25.8 Å². The van der Waals surface area contributed by atoms with E-state index in [1.54, 1.807) is 19.2 Å². The van der Waals surface area contributed by atoms with Gasteiger partial charge < -0.3 is 24.7 Å². The number of aromatic nitrogens is 3. The monoisotopic (exact) mass is 392 g/mol. The molecule has 2 N–H and O–H groups in total. The van der Waals surface area contributed by atoms with E-state index in [0.717, 1.165) is 18.1 Å². The molecule has 0 spiro atoms. The van der Waals surface area contributed by atoms with Gasteiger partial charge >= 0.3 is 0 Å². The molecule has 1 aromatic carbocycles. The van der Waals surface area contributed by atoms with Crippen LogP contribution in [0.4, 0.5) is 4.39 Å². The molecule has 2 aromatic rings. The summed E-state index contributed by atoms with van der Waals surface area (Å²) in [5.41, 5.74) is 0. The number of benzene rings is 1. The summed E-state index contributed by atoms with van der Waals surface area (Å²) in [6, 6.07) is 6.15. The predicted molar refractivity (Wildman–Crippen MR) is 106 cm³/mol. The molecule has 1 aromatic heterocycles. The highest BCUT2D eigenvalue weighted by molar-refractivity contribution is 5.79. The van der Waals surface area contributed by atoms with E-state index in [1.165, 1.54) is 12.1 Å². The summed E-state index contributed by atoms with van der Waals surface area (Å²) in [4.78, 5) is 4.57. The Kier molecular flexibility index (Phi) is 8.67. The first-order valence-corrected chi connectivity index (χ1v) is 9.31. The molecule has 0 aliphatic carbocycles. The van der Waals surface area contributed by atoms with Gasteiger partial charge in [-0.3, -0.25) is 0 Å². The molecule has 28 heavy (non-hydrogen) atoms. The maximum Gasteiger partial charge on any atom is 0.191 e. The molecule has 0 radical (unpaired) electrons. The number of nitrogens with one attached hydrogen (secondary N) is 2. The molecule has 0 bridgehead atoms. The van der Waals surface area contributed by atoms with E-state index in [4.69, 9.17) is 9.47 Å². The quantitative estimate of drug-likeness (QED) is 0.364. The summed E-state index contributed by atoms with van der Waals surface area (Å²) in [6.45, 7) is 5.99. The Labute approximate surface area is 165 Å². The first-order chi connectivity index (χ1) is 13.5. The molecule has 154 valence electrons. The largest absolute Gasteiger partial charge is 0.489 e. The molecule has 9 heteroatoms. The normalized spacial score (nSPS) is 12.7. The number of rotatable bonds is 10. The maximum atomic E-state index is 13.4. The number of ether oxygens (including phenoxy) is 2. The third-order valence-corrected chi connectivity index (χ3v) is 4.21. The van der Waals surface area contributed by atoms with Gasteiger partial charge in [-0.05, 0) is 25.5 Å². The number of halogens is 1. The first kappa shape index (κ1) is 21.6. The fraction of sp³-hybridized carbons (Fsp3) is 0.526. The van der Waals surface area contributed by atoms with Crippen molar-refractivity contribution >= 4 is 5.96 Å². The van der Waals surface area contributed by atoms with Gasteiger partial charge in [0.1, 0.15) is 30.0 Å². The second-order valence-electron chi connectivity index (χ2n) is 6.29. The van der Waals surface area contributed by atoms with Crippen molar-refractivity contribution in [2.24, 2.45) is 12.0 Å². The van der Waals surface area contributed by atoms with Gasteiger partial charge in [0.15, 0.2) is 11.8 Å². The van der Waals surface area contributed by atoms with Crippen molar-refractivity contribution in [3.8, 4) is 5.75 Å². The second-order valence-corrected chi connectivity index (χ2v) is 6.29. The molecule has 1 atom stereocenters. The standard InChI is InChI=1S/C19H29FN6O2/c1-5-16(28-17-8-6-7-15(20)11-17)12-22-19(21-9-10-27-4)23-13-18-25-24-14(2)26(18)3/h6-8,11,16H,5,9-10,12-13H2,1-4H3,(H2,21,22,23). The highest BCUT2D eigenvalue weighted by Crippen LogP contribution is 2.14.